The fraction of sp³-hybridized carbons (Fsp3) is 0.278. The van der Waals surface area contributed by atoms with Gasteiger partial charge in [-0.15, -0.1) is 0 Å². The van der Waals surface area contributed by atoms with Crippen LogP contribution in [0.3, 0.4) is 0 Å². The van der Waals surface area contributed by atoms with Crippen LogP contribution < -0.4 is 0 Å². The Morgan fingerprint density at radius 3 is 2.35 bits per heavy atom. The average Bonchev–Trinajstić information content (AvgIpc) is 3.21. The number of aromatic nitrogens is 3. The molecule has 0 saturated carbocycles. The van der Waals surface area contributed by atoms with Gasteiger partial charge in [0.1, 0.15) is 11.0 Å². The Labute approximate surface area is 134 Å². The maximum atomic E-state index is 12.5. The first kappa shape index (κ1) is 13.9. The van der Waals surface area contributed by atoms with Gasteiger partial charge in [-0.25, -0.2) is 0 Å². The van der Waals surface area contributed by atoms with E-state index >= 15 is 0 Å². The first-order chi connectivity index (χ1) is 11.3. The molecule has 1 aliphatic heterocycles. The van der Waals surface area contributed by atoms with Crippen molar-refractivity contribution >= 4 is 16.9 Å². The molecule has 1 atom stereocenters. The number of carbonyl (C=O) groups is 1. The maximum Gasteiger partial charge on any atom is 0.253 e. The smallest absolute Gasteiger partial charge is 0.253 e. The number of hydrogen-bond donors (Lipinski definition) is 0. The van der Waals surface area contributed by atoms with Crippen LogP contribution in [-0.4, -0.2) is 38.9 Å². The molecule has 5 nitrogen and oxygen atoms in total. The molecule has 5 heteroatoms. The van der Waals surface area contributed by atoms with Crippen LogP contribution in [0.2, 0.25) is 0 Å². The largest absolute Gasteiger partial charge is 0.338 e. The van der Waals surface area contributed by atoms with Gasteiger partial charge >= 0.3 is 0 Å². The molecule has 23 heavy (non-hydrogen) atoms. The molecule has 1 aromatic heterocycles. The molecule has 1 fully saturated rings. The summed E-state index contributed by atoms with van der Waals surface area (Å²) in [7, 11) is 0. The Morgan fingerprint density at radius 2 is 1.65 bits per heavy atom. The van der Waals surface area contributed by atoms with Gasteiger partial charge < -0.3 is 4.90 Å². The number of amides is 1. The van der Waals surface area contributed by atoms with Gasteiger partial charge in [0.25, 0.3) is 5.91 Å². The molecule has 1 amide bonds. The first-order valence-electron chi connectivity index (χ1n) is 7.94. The highest BCUT2D eigenvalue weighted by Gasteiger charge is 2.27. The summed E-state index contributed by atoms with van der Waals surface area (Å²) in [4.78, 5) is 16.2. The van der Waals surface area contributed by atoms with E-state index < -0.39 is 0 Å². The van der Waals surface area contributed by atoms with Crippen LogP contribution in [0.15, 0.2) is 54.6 Å². The predicted molar refractivity (Wildman–Crippen MR) is 88.0 cm³/mol. The minimum Gasteiger partial charge on any atom is -0.338 e. The fourth-order valence-electron chi connectivity index (χ4n) is 3.15. The van der Waals surface area contributed by atoms with Crippen molar-refractivity contribution in [1.82, 2.24) is 19.9 Å². The number of carbonyl (C=O) groups excluding carboxylic acids is 1. The van der Waals surface area contributed by atoms with Gasteiger partial charge in [-0.2, -0.15) is 15.0 Å². The lowest BCUT2D eigenvalue weighted by Gasteiger charge is -2.16. The Morgan fingerprint density at radius 1 is 1.00 bits per heavy atom. The first-order valence-corrected chi connectivity index (χ1v) is 7.94. The van der Waals surface area contributed by atoms with E-state index in [4.69, 9.17) is 0 Å². The van der Waals surface area contributed by atoms with Crippen molar-refractivity contribution in [2.24, 2.45) is 5.92 Å². The molecule has 0 unspecified atom stereocenters. The number of rotatable bonds is 3. The average molecular weight is 306 g/mol. The molecule has 1 saturated heterocycles. The summed E-state index contributed by atoms with van der Waals surface area (Å²) in [5.41, 5.74) is 2.60. The molecule has 4 rings (SSSR count). The normalized spacial score (nSPS) is 17.7. The molecule has 3 aromatic rings. The molecule has 0 aliphatic carbocycles. The number of nitrogens with zero attached hydrogens (tertiary/aromatic N) is 4. The van der Waals surface area contributed by atoms with Crippen LogP contribution in [0.4, 0.5) is 0 Å². The van der Waals surface area contributed by atoms with Gasteiger partial charge in [-0.1, -0.05) is 30.3 Å². The summed E-state index contributed by atoms with van der Waals surface area (Å²) < 4.78 is 0. The van der Waals surface area contributed by atoms with Gasteiger partial charge in [0.2, 0.25) is 0 Å². The lowest BCUT2D eigenvalue weighted by Crippen LogP contribution is -2.29. The standard InChI is InChI=1S/C18H18N4O/c23-18(15-6-2-1-3-7-15)21-11-10-14(12-21)13-22-19-16-8-4-5-9-17(16)20-22/h1-9,14H,10-13H2/t14-/m1/s1. The fourth-order valence-corrected chi connectivity index (χ4v) is 3.15. The van der Waals surface area contributed by atoms with Crippen LogP contribution in [-0.2, 0) is 6.54 Å². The third-order valence-electron chi connectivity index (χ3n) is 4.34. The number of benzene rings is 2. The summed E-state index contributed by atoms with van der Waals surface area (Å²) in [5, 5.41) is 9.01. The van der Waals surface area contributed by atoms with E-state index in [1.54, 1.807) is 4.80 Å². The van der Waals surface area contributed by atoms with Gasteiger partial charge in [0.15, 0.2) is 0 Å². The molecular formula is C18H18N4O. The number of fused-ring (bicyclic) bond motifs is 1. The van der Waals surface area contributed by atoms with E-state index in [-0.39, 0.29) is 5.91 Å². The Balaban J connectivity index is 1.43. The summed E-state index contributed by atoms with van der Waals surface area (Å²) >= 11 is 0. The molecule has 1 aliphatic rings. The number of likely N-dealkylation sites (tertiary alicyclic amines) is 1. The van der Waals surface area contributed by atoms with E-state index in [0.29, 0.717) is 5.92 Å². The third-order valence-corrected chi connectivity index (χ3v) is 4.34. The molecular weight excluding hydrogens is 288 g/mol. The highest BCUT2D eigenvalue weighted by Crippen LogP contribution is 2.20. The second-order valence-corrected chi connectivity index (χ2v) is 6.02. The topological polar surface area (TPSA) is 51.0 Å². The van der Waals surface area contributed by atoms with Crippen molar-refractivity contribution in [2.45, 2.75) is 13.0 Å². The summed E-state index contributed by atoms with van der Waals surface area (Å²) in [6, 6.07) is 17.4. The molecule has 0 spiro atoms. The summed E-state index contributed by atoms with van der Waals surface area (Å²) in [6.07, 6.45) is 0.996. The van der Waals surface area contributed by atoms with Crippen molar-refractivity contribution < 1.29 is 4.79 Å². The molecule has 0 radical (unpaired) electrons. The van der Waals surface area contributed by atoms with Crippen LogP contribution in [0.25, 0.3) is 11.0 Å². The van der Waals surface area contributed by atoms with Crippen molar-refractivity contribution in [3.63, 3.8) is 0 Å². The molecule has 116 valence electrons. The highest BCUT2D eigenvalue weighted by atomic mass is 16.2. The van der Waals surface area contributed by atoms with Crippen molar-refractivity contribution in [3.05, 3.63) is 60.2 Å². The van der Waals surface area contributed by atoms with Crippen molar-refractivity contribution in [1.29, 1.82) is 0 Å². The quantitative estimate of drug-likeness (QED) is 0.747. The molecule has 0 bridgehead atoms. The van der Waals surface area contributed by atoms with E-state index in [9.17, 15) is 4.79 Å². The summed E-state index contributed by atoms with van der Waals surface area (Å²) in [5.74, 6) is 0.524. The van der Waals surface area contributed by atoms with Gasteiger partial charge in [-0.05, 0) is 36.6 Å². The lowest BCUT2D eigenvalue weighted by molar-refractivity contribution is 0.0785. The van der Waals surface area contributed by atoms with E-state index in [1.165, 1.54) is 0 Å². The highest BCUT2D eigenvalue weighted by molar-refractivity contribution is 5.94. The minimum atomic E-state index is 0.117. The Bertz CT molecular complexity index is 794. The maximum absolute atomic E-state index is 12.5. The van der Waals surface area contributed by atoms with Gasteiger partial charge in [-0.3, -0.25) is 4.79 Å². The van der Waals surface area contributed by atoms with Gasteiger partial charge in [0, 0.05) is 18.7 Å². The van der Waals surface area contributed by atoms with Gasteiger partial charge in [0.05, 0.1) is 6.54 Å². The van der Waals surface area contributed by atoms with Crippen LogP contribution in [0, 0.1) is 5.92 Å². The molecule has 2 aromatic carbocycles. The zero-order valence-corrected chi connectivity index (χ0v) is 12.8. The van der Waals surface area contributed by atoms with Crippen LogP contribution >= 0.6 is 0 Å². The zero-order chi connectivity index (χ0) is 15.6. The third kappa shape index (κ3) is 2.82. The number of hydrogen-bond acceptors (Lipinski definition) is 3. The van der Waals surface area contributed by atoms with E-state index in [1.807, 2.05) is 59.5 Å². The van der Waals surface area contributed by atoms with Crippen molar-refractivity contribution in [3.8, 4) is 0 Å². The zero-order valence-electron chi connectivity index (χ0n) is 12.8. The van der Waals surface area contributed by atoms with Crippen LogP contribution in [0.1, 0.15) is 16.8 Å². The SMILES string of the molecule is O=C(c1ccccc1)N1CC[C@@H](Cn2nc3ccccc3n2)C1. The lowest BCUT2D eigenvalue weighted by atomic mass is 10.1. The minimum absolute atomic E-state index is 0.117. The van der Waals surface area contributed by atoms with Crippen LogP contribution in [0.5, 0.6) is 0 Å². The Hall–Kier alpha value is -2.69. The summed E-state index contributed by atoms with van der Waals surface area (Å²) in [6.45, 7) is 2.33. The molecule has 2 heterocycles. The van der Waals surface area contributed by atoms with E-state index in [2.05, 4.69) is 10.2 Å². The second kappa shape index (κ2) is 5.83. The van der Waals surface area contributed by atoms with E-state index in [0.717, 1.165) is 42.7 Å². The Kier molecular flexibility index (Phi) is 3.54. The van der Waals surface area contributed by atoms with Crippen molar-refractivity contribution in [2.75, 3.05) is 13.1 Å². The monoisotopic (exact) mass is 306 g/mol. The second-order valence-electron chi connectivity index (χ2n) is 6.02. The molecule has 0 N–H and O–H groups in total. The predicted octanol–water partition coefficient (Wildman–Crippen LogP) is 2.59.